The van der Waals surface area contributed by atoms with Crippen molar-refractivity contribution in [3.05, 3.63) is 89.5 Å². The molecule has 1 aromatic heterocycles. The molecule has 1 saturated heterocycles. The van der Waals surface area contributed by atoms with E-state index in [2.05, 4.69) is 40.5 Å². The Balaban J connectivity index is 0.00000210. The Morgan fingerprint density at radius 1 is 0.963 bits per heavy atom. The Morgan fingerprint density at radius 2 is 1.70 bits per heavy atom. The molecule has 0 radical (unpaired) electrons. The highest BCUT2D eigenvalue weighted by atomic mass is 35.5. The molecule has 142 valence electrons. The summed E-state index contributed by atoms with van der Waals surface area (Å²) in [6.45, 7) is 3.35. The summed E-state index contributed by atoms with van der Waals surface area (Å²) in [6, 6.07) is 17.2. The fourth-order valence-electron chi connectivity index (χ4n) is 3.71. The molecule has 2 N–H and O–H groups in total. The van der Waals surface area contributed by atoms with Crippen LogP contribution in [0.2, 0.25) is 0 Å². The molecule has 0 spiro atoms. The fraction of sp³-hybridized carbons (Fsp3) is 0.286. The van der Waals surface area contributed by atoms with Gasteiger partial charge in [-0.05, 0) is 23.3 Å². The molecule has 0 amide bonds. The first-order valence-electron chi connectivity index (χ1n) is 8.96. The minimum atomic E-state index is -0.215. The Hall–Kier alpha value is -2.21. The molecule has 0 aliphatic carbocycles. The van der Waals surface area contributed by atoms with Crippen LogP contribution in [0.5, 0.6) is 0 Å². The molecule has 2 heterocycles. The molecule has 4 nitrogen and oxygen atoms in total. The van der Waals surface area contributed by atoms with E-state index in [0.717, 1.165) is 25.2 Å². The van der Waals surface area contributed by atoms with Crippen molar-refractivity contribution in [2.24, 2.45) is 5.73 Å². The lowest BCUT2D eigenvalue weighted by atomic mass is 9.95. The van der Waals surface area contributed by atoms with Crippen LogP contribution in [0.1, 0.15) is 22.6 Å². The van der Waals surface area contributed by atoms with E-state index >= 15 is 0 Å². The number of hydrogen-bond donors (Lipinski definition) is 1. The lowest BCUT2D eigenvalue weighted by Crippen LogP contribution is -2.28. The standard InChI is InChI=1S/C21H23FN4.ClH/c22-19-8-6-16(7-9-19)12-26-13-17(10-24-26)11-25-14-20(21(23)15-25)18-4-2-1-3-5-18;/h1-10,13,20-21H,11-12,14-15,23H2;1H/t20-,21+;/m0./s1. The summed E-state index contributed by atoms with van der Waals surface area (Å²) in [5.74, 6) is 0.165. The zero-order chi connectivity index (χ0) is 17.9. The van der Waals surface area contributed by atoms with Crippen LogP contribution in [0.3, 0.4) is 0 Å². The molecule has 0 unspecified atom stereocenters. The van der Waals surface area contributed by atoms with Gasteiger partial charge < -0.3 is 5.73 Å². The summed E-state index contributed by atoms with van der Waals surface area (Å²) in [5, 5.41) is 4.44. The Morgan fingerprint density at radius 3 is 2.44 bits per heavy atom. The number of likely N-dealkylation sites (tertiary alicyclic amines) is 1. The predicted molar refractivity (Wildman–Crippen MR) is 107 cm³/mol. The molecule has 1 aliphatic rings. The van der Waals surface area contributed by atoms with Gasteiger partial charge in [-0.15, -0.1) is 12.4 Å². The van der Waals surface area contributed by atoms with Crippen LogP contribution >= 0.6 is 12.4 Å². The maximum absolute atomic E-state index is 13.0. The van der Waals surface area contributed by atoms with Crippen molar-refractivity contribution >= 4 is 12.4 Å². The van der Waals surface area contributed by atoms with Gasteiger partial charge in [-0.3, -0.25) is 9.58 Å². The highest BCUT2D eigenvalue weighted by Gasteiger charge is 2.31. The molecule has 0 bridgehead atoms. The molecule has 2 aromatic carbocycles. The van der Waals surface area contributed by atoms with Crippen LogP contribution in [0, 0.1) is 5.82 Å². The van der Waals surface area contributed by atoms with Crippen LogP contribution in [-0.2, 0) is 13.1 Å². The topological polar surface area (TPSA) is 47.1 Å². The van der Waals surface area contributed by atoms with Crippen LogP contribution in [0.4, 0.5) is 4.39 Å². The van der Waals surface area contributed by atoms with Gasteiger partial charge in [0.2, 0.25) is 0 Å². The Bertz CT molecular complexity index is 850. The largest absolute Gasteiger partial charge is 0.326 e. The lowest BCUT2D eigenvalue weighted by molar-refractivity contribution is 0.323. The highest BCUT2D eigenvalue weighted by Crippen LogP contribution is 2.27. The van der Waals surface area contributed by atoms with Gasteiger partial charge >= 0.3 is 0 Å². The van der Waals surface area contributed by atoms with Gasteiger partial charge in [0.05, 0.1) is 12.7 Å². The highest BCUT2D eigenvalue weighted by molar-refractivity contribution is 5.85. The molecule has 6 heteroatoms. The first-order chi connectivity index (χ1) is 12.7. The van der Waals surface area contributed by atoms with Gasteiger partial charge in [-0.2, -0.15) is 5.10 Å². The van der Waals surface area contributed by atoms with E-state index in [1.807, 2.05) is 16.9 Å². The van der Waals surface area contributed by atoms with Gasteiger partial charge in [0.15, 0.2) is 0 Å². The molecule has 1 fully saturated rings. The molecule has 2 atom stereocenters. The Labute approximate surface area is 165 Å². The molecular formula is C21H24ClFN4. The van der Waals surface area contributed by atoms with Crippen molar-refractivity contribution in [2.75, 3.05) is 13.1 Å². The van der Waals surface area contributed by atoms with Gasteiger partial charge in [-0.25, -0.2) is 4.39 Å². The quantitative estimate of drug-likeness (QED) is 0.730. The number of nitrogens with zero attached hydrogens (tertiary/aromatic N) is 3. The molecule has 27 heavy (non-hydrogen) atoms. The van der Waals surface area contributed by atoms with Crippen LogP contribution < -0.4 is 5.73 Å². The average Bonchev–Trinajstić information content (AvgIpc) is 3.24. The zero-order valence-electron chi connectivity index (χ0n) is 15.0. The van der Waals surface area contributed by atoms with E-state index < -0.39 is 0 Å². The third kappa shape index (κ3) is 4.75. The molecule has 4 rings (SSSR count). The number of nitrogens with two attached hydrogens (primary N) is 1. The smallest absolute Gasteiger partial charge is 0.123 e. The summed E-state index contributed by atoms with van der Waals surface area (Å²) in [6.07, 6.45) is 3.97. The molecule has 1 aliphatic heterocycles. The van der Waals surface area contributed by atoms with Crippen molar-refractivity contribution in [1.82, 2.24) is 14.7 Å². The maximum Gasteiger partial charge on any atom is 0.123 e. The zero-order valence-corrected chi connectivity index (χ0v) is 15.9. The third-order valence-corrected chi connectivity index (χ3v) is 5.02. The van der Waals surface area contributed by atoms with E-state index in [-0.39, 0.29) is 24.3 Å². The van der Waals surface area contributed by atoms with Gasteiger partial charge in [0, 0.05) is 43.4 Å². The second kappa shape index (κ2) is 8.65. The van der Waals surface area contributed by atoms with Crippen molar-refractivity contribution in [3.63, 3.8) is 0 Å². The van der Waals surface area contributed by atoms with Gasteiger partial charge in [-0.1, -0.05) is 42.5 Å². The van der Waals surface area contributed by atoms with Crippen LogP contribution in [0.25, 0.3) is 0 Å². The molecular weight excluding hydrogens is 363 g/mol. The van der Waals surface area contributed by atoms with Crippen molar-refractivity contribution in [3.8, 4) is 0 Å². The first-order valence-corrected chi connectivity index (χ1v) is 8.96. The van der Waals surface area contributed by atoms with E-state index in [1.165, 1.54) is 23.3 Å². The monoisotopic (exact) mass is 386 g/mol. The summed E-state index contributed by atoms with van der Waals surface area (Å²) in [5.41, 5.74) is 9.91. The van der Waals surface area contributed by atoms with E-state index in [9.17, 15) is 4.39 Å². The summed E-state index contributed by atoms with van der Waals surface area (Å²) in [7, 11) is 0. The van der Waals surface area contributed by atoms with Crippen molar-refractivity contribution in [1.29, 1.82) is 0 Å². The first kappa shape index (κ1) is 19.5. The van der Waals surface area contributed by atoms with E-state index in [0.29, 0.717) is 12.5 Å². The second-order valence-electron chi connectivity index (χ2n) is 7.05. The van der Waals surface area contributed by atoms with Crippen LogP contribution in [-0.4, -0.2) is 33.8 Å². The van der Waals surface area contributed by atoms with E-state index in [4.69, 9.17) is 5.73 Å². The van der Waals surface area contributed by atoms with Crippen LogP contribution in [0.15, 0.2) is 67.0 Å². The van der Waals surface area contributed by atoms with E-state index in [1.54, 1.807) is 12.1 Å². The predicted octanol–water partition coefficient (Wildman–Crippen LogP) is 3.42. The number of benzene rings is 2. The Kier molecular flexibility index (Phi) is 6.26. The second-order valence-corrected chi connectivity index (χ2v) is 7.05. The van der Waals surface area contributed by atoms with Gasteiger partial charge in [0.25, 0.3) is 0 Å². The average molecular weight is 387 g/mol. The SMILES string of the molecule is Cl.N[C@@H]1CN(Cc2cnn(Cc3ccc(F)cc3)c2)C[C@H]1c1ccccc1. The third-order valence-electron chi connectivity index (χ3n) is 5.02. The molecule has 0 saturated carbocycles. The summed E-state index contributed by atoms with van der Waals surface area (Å²) >= 11 is 0. The summed E-state index contributed by atoms with van der Waals surface area (Å²) < 4.78 is 14.9. The van der Waals surface area contributed by atoms with Gasteiger partial charge in [0.1, 0.15) is 5.82 Å². The maximum atomic E-state index is 13.0. The van der Waals surface area contributed by atoms with Crippen molar-refractivity contribution < 1.29 is 4.39 Å². The molecule has 3 aromatic rings. The summed E-state index contributed by atoms with van der Waals surface area (Å²) in [4.78, 5) is 2.39. The lowest BCUT2D eigenvalue weighted by Gasteiger charge is -2.15. The van der Waals surface area contributed by atoms with Crippen molar-refractivity contribution in [2.45, 2.75) is 25.0 Å². The number of halogens is 2. The minimum Gasteiger partial charge on any atom is -0.326 e. The normalized spacial score (nSPS) is 19.8. The number of hydrogen-bond acceptors (Lipinski definition) is 3. The number of rotatable bonds is 5. The fourth-order valence-corrected chi connectivity index (χ4v) is 3.71. The number of aromatic nitrogens is 2. The minimum absolute atomic E-state index is 0.